The van der Waals surface area contributed by atoms with Gasteiger partial charge in [0, 0.05) is 43.9 Å². The number of ether oxygens (including phenoxy) is 3. The summed E-state index contributed by atoms with van der Waals surface area (Å²) in [6, 6.07) is 11.9. The summed E-state index contributed by atoms with van der Waals surface area (Å²) in [5, 5.41) is 0. The molecule has 3 heterocycles. The van der Waals surface area contributed by atoms with Crippen LogP contribution >= 0.6 is 0 Å². The van der Waals surface area contributed by atoms with Crippen molar-refractivity contribution in [1.29, 1.82) is 0 Å². The summed E-state index contributed by atoms with van der Waals surface area (Å²) >= 11 is 0. The van der Waals surface area contributed by atoms with Crippen molar-refractivity contribution in [3.63, 3.8) is 0 Å². The van der Waals surface area contributed by atoms with Crippen molar-refractivity contribution in [2.45, 2.75) is 13.5 Å². The fourth-order valence-electron chi connectivity index (χ4n) is 4.37. The highest BCUT2D eigenvalue weighted by atomic mass is 16.5. The van der Waals surface area contributed by atoms with Crippen LogP contribution < -0.4 is 9.47 Å². The molecule has 0 amide bonds. The van der Waals surface area contributed by atoms with Gasteiger partial charge in [0.25, 0.3) is 0 Å². The molecule has 0 spiro atoms. The number of benzene rings is 2. The topological polar surface area (TPSA) is 51.2 Å². The van der Waals surface area contributed by atoms with Crippen molar-refractivity contribution < 1.29 is 19.0 Å². The molecule has 2 aromatic rings. The molecule has 5 rings (SSSR count). The fraction of sp³-hybridized carbons (Fsp3) is 0.346. The lowest BCUT2D eigenvalue weighted by Crippen LogP contribution is -2.43. The number of morpholine rings is 1. The fourth-order valence-corrected chi connectivity index (χ4v) is 4.37. The van der Waals surface area contributed by atoms with E-state index in [1.165, 1.54) is 0 Å². The number of rotatable bonds is 5. The van der Waals surface area contributed by atoms with Gasteiger partial charge in [0.15, 0.2) is 5.76 Å². The molecular formula is C26H28N2O4. The molecular weight excluding hydrogens is 404 g/mol. The van der Waals surface area contributed by atoms with Crippen LogP contribution in [0.5, 0.6) is 11.5 Å². The second-order valence-corrected chi connectivity index (χ2v) is 8.38. The summed E-state index contributed by atoms with van der Waals surface area (Å²) in [7, 11) is 0. The zero-order valence-corrected chi connectivity index (χ0v) is 18.4. The molecule has 0 atom stereocenters. The maximum Gasteiger partial charge on any atom is 0.231 e. The van der Waals surface area contributed by atoms with Crippen LogP contribution in [0.1, 0.15) is 27.0 Å². The number of ketones is 1. The maximum absolute atomic E-state index is 13.0. The Morgan fingerprint density at radius 2 is 1.81 bits per heavy atom. The second kappa shape index (κ2) is 9.28. The van der Waals surface area contributed by atoms with Crippen molar-refractivity contribution in [3.8, 4) is 11.5 Å². The molecule has 32 heavy (non-hydrogen) atoms. The van der Waals surface area contributed by atoms with Crippen LogP contribution in [0.25, 0.3) is 6.08 Å². The van der Waals surface area contributed by atoms with Gasteiger partial charge >= 0.3 is 0 Å². The Morgan fingerprint density at radius 3 is 2.62 bits per heavy atom. The van der Waals surface area contributed by atoms with Crippen molar-refractivity contribution in [1.82, 2.24) is 9.80 Å². The number of fused-ring (bicyclic) bond motifs is 2. The Labute approximate surface area is 188 Å². The minimum Gasteiger partial charge on any atom is -0.477 e. The Kier molecular flexibility index (Phi) is 6.08. The minimum absolute atomic E-state index is 0.0750. The molecule has 0 unspecified atom stereocenters. The Bertz CT molecular complexity index is 1060. The van der Waals surface area contributed by atoms with E-state index in [1.807, 2.05) is 55.5 Å². The lowest BCUT2D eigenvalue weighted by molar-refractivity contribution is 0.0239. The highest BCUT2D eigenvalue weighted by Gasteiger charge is 2.33. The number of carbonyl (C=O) groups excluding carboxylic acids is 1. The quantitative estimate of drug-likeness (QED) is 0.673. The van der Waals surface area contributed by atoms with Gasteiger partial charge in [-0.3, -0.25) is 14.6 Å². The van der Waals surface area contributed by atoms with Gasteiger partial charge in [0.2, 0.25) is 5.78 Å². The van der Waals surface area contributed by atoms with Crippen molar-refractivity contribution in [2.75, 3.05) is 46.1 Å². The first-order valence-corrected chi connectivity index (χ1v) is 11.2. The SMILES string of the molecule is Cc1c2c(cc3c1O/C(=C\C=C\c1ccccc1)C3=O)CN(CCN1CCOCC1)CO2. The van der Waals surface area contributed by atoms with Crippen LogP contribution in [-0.4, -0.2) is 61.7 Å². The largest absolute Gasteiger partial charge is 0.477 e. The molecule has 2 aromatic carbocycles. The number of hydrogen-bond donors (Lipinski definition) is 0. The van der Waals surface area contributed by atoms with E-state index < -0.39 is 0 Å². The van der Waals surface area contributed by atoms with Crippen LogP contribution in [0.3, 0.4) is 0 Å². The van der Waals surface area contributed by atoms with Gasteiger partial charge in [-0.2, -0.15) is 0 Å². The van der Waals surface area contributed by atoms with Crippen LogP contribution in [0.15, 0.2) is 54.3 Å². The van der Waals surface area contributed by atoms with Crippen LogP contribution in [0, 0.1) is 6.92 Å². The number of hydrogen-bond acceptors (Lipinski definition) is 6. The van der Waals surface area contributed by atoms with Crippen molar-refractivity contribution >= 4 is 11.9 Å². The molecule has 0 aliphatic carbocycles. The van der Waals surface area contributed by atoms with Gasteiger partial charge in [0.05, 0.1) is 18.8 Å². The van der Waals surface area contributed by atoms with E-state index in [2.05, 4.69) is 9.80 Å². The maximum atomic E-state index is 13.0. The molecule has 3 aliphatic rings. The van der Waals surface area contributed by atoms with E-state index in [1.54, 1.807) is 6.08 Å². The van der Waals surface area contributed by atoms with E-state index in [0.29, 0.717) is 23.8 Å². The molecule has 0 bridgehead atoms. The smallest absolute Gasteiger partial charge is 0.231 e. The van der Waals surface area contributed by atoms with Gasteiger partial charge in [-0.15, -0.1) is 0 Å². The van der Waals surface area contributed by atoms with Gasteiger partial charge in [0.1, 0.15) is 18.2 Å². The molecule has 166 valence electrons. The number of nitrogens with zero attached hydrogens (tertiary/aromatic N) is 2. The zero-order valence-electron chi connectivity index (χ0n) is 18.4. The summed E-state index contributed by atoms with van der Waals surface area (Å²) in [5.74, 6) is 1.74. The predicted molar refractivity (Wildman–Crippen MR) is 123 cm³/mol. The second-order valence-electron chi connectivity index (χ2n) is 8.38. The first-order valence-electron chi connectivity index (χ1n) is 11.2. The number of allylic oxidation sites excluding steroid dienone is 3. The van der Waals surface area contributed by atoms with Gasteiger partial charge in [-0.25, -0.2) is 0 Å². The minimum atomic E-state index is -0.0750. The highest BCUT2D eigenvalue weighted by molar-refractivity contribution is 6.13. The molecule has 3 aliphatic heterocycles. The molecule has 1 saturated heterocycles. The summed E-state index contributed by atoms with van der Waals surface area (Å²) in [6.07, 6.45) is 5.55. The molecule has 1 fully saturated rings. The lowest BCUT2D eigenvalue weighted by Gasteiger charge is -2.33. The Balaban J connectivity index is 1.29. The predicted octanol–water partition coefficient (Wildman–Crippen LogP) is 3.65. The molecule has 6 nitrogen and oxygen atoms in total. The third-order valence-corrected chi connectivity index (χ3v) is 6.17. The molecule has 6 heteroatoms. The van der Waals surface area contributed by atoms with E-state index in [4.69, 9.17) is 14.2 Å². The summed E-state index contributed by atoms with van der Waals surface area (Å²) in [4.78, 5) is 17.7. The van der Waals surface area contributed by atoms with Gasteiger partial charge in [-0.1, -0.05) is 42.5 Å². The Hall–Kier alpha value is -2.93. The number of carbonyl (C=O) groups is 1. The standard InChI is InChI=1S/C26H28N2O4/c1-19-25-21(17-28(18-31-25)11-10-27-12-14-30-15-13-27)16-22-24(29)23(32-26(19)22)9-5-8-20-6-3-2-4-7-20/h2-9,16H,10-15,17-18H2,1H3/b8-5+,23-9-. The monoisotopic (exact) mass is 432 g/mol. The molecule has 0 radical (unpaired) electrons. The van der Waals surface area contributed by atoms with E-state index in [-0.39, 0.29) is 5.78 Å². The third-order valence-electron chi connectivity index (χ3n) is 6.17. The molecule has 0 N–H and O–H groups in total. The van der Waals surface area contributed by atoms with Crippen LogP contribution in [0.2, 0.25) is 0 Å². The van der Waals surface area contributed by atoms with E-state index in [9.17, 15) is 4.79 Å². The first-order chi connectivity index (χ1) is 15.7. The molecule has 0 aromatic heterocycles. The van der Waals surface area contributed by atoms with E-state index >= 15 is 0 Å². The summed E-state index contributed by atoms with van der Waals surface area (Å²) in [6.45, 7) is 8.80. The average Bonchev–Trinajstić information content (AvgIpc) is 3.15. The summed E-state index contributed by atoms with van der Waals surface area (Å²) in [5.41, 5.74) is 3.64. The van der Waals surface area contributed by atoms with Gasteiger partial charge < -0.3 is 14.2 Å². The summed E-state index contributed by atoms with van der Waals surface area (Å²) < 4.78 is 17.5. The lowest BCUT2D eigenvalue weighted by atomic mass is 10.00. The van der Waals surface area contributed by atoms with Gasteiger partial charge in [-0.05, 0) is 24.6 Å². The zero-order chi connectivity index (χ0) is 21.9. The molecule has 0 saturated carbocycles. The van der Waals surface area contributed by atoms with E-state index in [0.717, 1.165) is 68.4 Å². The first kappa shape index (κ1) is 20.9. The highest BCUT2D eigenvalue weighted by Crippen LogP contribution is 2.42. The van der Waals surface area contributed by atoms with Crippen molar-refractivity contribution in [3.05, 3.63) is 76.6 Å². The van der Waals surface area contributed by atoms with Crippen LogP contribution in [-0.2, 0) is 11.3 Å². The third kappa shape index (κ3) is 4.35. The normalized spacial score (nSPS) is 20.3. The average molecular weight is 433 g/mol. The van der Waals surface area contributed by atoms with Crippen LogP contribution in [0.4, 0.5) is 0 Å². The van der Waals surface area contributed by atoms with Crippen molar-refractivity contribution in [2.24, 2.45) is 0 Å². The Morgan fingerprint density at radius 1 is 1.03 bits per heavy atom. The number of Topliss-reactive ketones (excluding diaryl/α,β-unsaturated/α-hetero) is 1.